The molecule has 0 saturated carbocycles. The molecule has 0 radical (unpaired) electrons. The maximum atomic E-state index is 12.6. The van der Waals surface area contributed by atoms with Gasteiger partial charge in [-0.3, -0.25) is 9.78 Å². The maximum Gasteiger partial charge on any atom is 0.228 e. The van der Waals surface area contributed by atoms with Gasteiger partial charge in [-0.2, -0.15) is 0 Å². The van der Waals surface area contributed by atoms with Crippen molar-refractivity contribution in [1.82, 2.24) is 10.3 Å². The average Bonchev–Trinajstić information content (AvgIpc) is 3.06. The standard InChI is InChI=1S/C23H24N2O3S/c1-4-10-25-23(26)22-14(2)29-21-13-16(6-8-18(21)22)28-20-9-11-24-19-12-15(27-3)5-7-17(19)20/h5-9,11-14,22H,4,10H2,1-3H3,(H,25,26). The average molecular weight is 409 g/mol. The molecule has 3 aromatic rings. The summed E-state index contributed by atoms with van der Waals surface area (Å²) in [7, 11) is 1.64. The van der Waals surface area contributed by atoms with Crippen LogP contribution in [-0.4, -0.2) is 29.8 Å². The molecule has 1 aliphatic rings. The topological polar surface area (TPSA) is 60.5 Å². The molecule has 29 heavy (non-hydrogen) atoms. The van der Waals surface area contributed by atoms with Gasteiger partial charge in [-0.25, -0.2) is 0 Å². The number of carbonyl (C=O) groups excluding carboxylic acids is 1. The number of fused-ring (bicyclic) bond motifs is 2. The Bertz CT molecular complexity index is 1050. The summed E-state index contributed by atoms with van der Waals surface area (Å²) in [5.41, 5.74) is 1.89. The summed E-state index contributed by atoms with van der Waals surface area (Å²) in [4.78, 5) is 18.1. The van der Waals surface area contributed by atoms with E-state index in [9.17, 15) is 4.79 Å². The number of pyridine rings is 1. The monoisotopic (exact) mass is 408 g/mol. The SMILES string of the molecule is CCCNC(=O)C1c2ccc(Oc3ccnc4cc(OC)ccc34)cc2SC1C. The molecule has 4 rings (SSSR count). The molecule has 0 saturated heterocycles. The van der Waals surface area contributed by atoms with Gasteiger partial charge < -0.3 is 14.8 Å². The summed E-state index contributed by atoms with van der Waals surface area (Å²) in [6, 6.07) is 13.6. The van der Waals surface area contributed by atoms with Crippen LogP contribution in [0, 0.1) is 0 Å². The molecule has 5 nitrogen and oxygen atoms in total. The van der Waals surface area contributed by atoms with Crippen molar-refractivity contribution < 1.29 is 14.3 Å². The fourth-order valence-electron chi connectivity index (χ4n) is 3.62. The third-order valence-electron chi connectivity index (χ3n) is 5.07. The second-order valence-electron chi connectivity index (χ2n) is 7.09. The van der Waals surface area contributed by atoms with Gasteiger partial charge in [0.05, 0.1) is 18.5 Å². The molecule has 2 aromatic carbocycles. The Morgan fingerprint density at radius 3 is 2.79 bits per heavy atom. The first-order chi connectivity index (χ1) is 14.1. The molecule has 0 bridgehead atoms. The number of hydrogen-bond acceptors (Lipinski definition) is 5. The van der Waals surface area contributed by atoms with Crippen molar-refractivity contribution >= 4 is 28.6 Å². The number of benzene rings is 2. The minimum absolute atomic E-state index is 0.105. The van der Waals surface area contributed by atoms with E-state index in [-0.39, 0.29) is 17.1 Å². The molecular formula is C23H24N2O3S. The van der Waals surface area contributed by atoms with Crippen LogP contribution in [-0.2, 0) is 4.79 Å². The predicted molar refractivity (Wildman–Crippen MR) is 116 cm³/mol. The van der Waals surface area contributed by atoms with Crippen molar-refractivity contribution in [2.75, 3.05) is 13.7 Å². The summed E-state index contributed by atoms with van der Waals surface area (Å²) in [6.45, 7) is 4.87. The third kappa shape index (κ3) is 3.90. The highest BCUT2D eigenvalue weighted by Gasteiger charge is 2.35. The van der Waals surface area contributed by atoms with Crippen LogP contribution in [0.2, 0.25) is 0 Å². The van der Waals surface area contributed by atoms with Gasteiger partial charge >= 0.3 is 0 Å². The predicted octanol–water partition coefficient (Wildman–Crippen LogP) is 5.14. The second-order valence-corrected chi connectivity index (χ2v) is 8.50. The number of hydrogen-bond donors (Lipinski definition) is 1. The highest BCUT2D eigenvalue weighted by molar-refractivity contribution is 8.00. The molecule has 150 valence electrons. The Morgan fingerprint density at radius 1 is 1.17 bits per heavy atom. The Balaban J connectivity index is 1.60. The van der Waals surface area contributed by atoms with Gasteiger partial charge in [-0.1, -0.05) is 19.9 Å². The zero-order valence-electron chi connectivity index (χ0n) is 16.8. The number of carbonyl (C=O) groups is 1. The zero-order chi connectivity index (χ0) is 20.4. The van der Waals surface area contributed by atoms with Crippen LogP contribution in [0.5, 0.6) is 17.2 Å². The van der Waals surface area contributed by atoms with Crippen LogP contribution in [0.3, 0.4) is 0 Å². The fraction of sp³-hybridized carbons (Fsp3) is 0.304. The van der Waals surface area contributed by atoms with Crippen molar-refractivity contribution in [3.8, 4) is 17.2 Å². The molecule has 0 aliphatic carbocycles. The highest BCUT2D eigenvalue weighted by atomic mass is 32.2. The van der Waals surface area contributed by atoms with Crippen LogP contribution in [0.15, 0.2) is 53.6 Å². The minimum atomic E-state index is -0.121. The Hall–Kier alpha value is -2.73. The zero-order valence-corrected chi connectivity index (χ0v) is 17.6. The lowest BCUT2D eigenvalue weighted by Gasteiger charge is -2.15. The third-order valence-corrected chi connectivity index (χ3v) is 6.32. The van der Waals surface area contributed by atoms with Crippen molar-refractivity contribution in [2.24, 2.45) is 0 Å². The lowest BCUT2D eigenvalue weighted by atomic mass is 9.95. The van der Waals surface area contributed by atoms with Gasteiger partial charge in [0.15, 0.2) is 0 Å². The second kappa shape index (κ2) is 8.33. The summed E-state index contributed by atoms with van der Waals surface area (Å²) in [5, 5.41) is 4.15. The van der Waals surface area contributed by atoms with Crippen LogP contribution >= 0.6 is 11.8 Å². The number of nitrogens with zero attached hydrogens (tertiary/aromatic N) is 1. The lowest BCUT2D eigenvalue weighted by Crippen LogP contribution is -2.32. The number of rotatable bonds is 6. The van der Waals surface area contributed by atoms with E-state index < -0.39 is 0 Å². The maximum absolute atomic E-state index is 12.6. The number of aromatic nitrogens is 1. The number of amides is 1. The van der Waals surface area contributed by atoms with Crippen LogP contribution in [0.4, 0.5) is 0 Å². The van der Waals surface area contributed by atoms with Gasteiger partial charge in [0.2, 0.25) is 5.91 Å². The van der Waals surface area contributed by atoms with E-state index in [1.807, 2.05) is 42.5 Å². The number of nitrogens with one attached hydrogen (secondary N) is 1. The molecule has 1 N–H and O–H groups in total. The van der Waals surface area contributed by atoms with Crippen molar-refractivity contribution in [3.05, 3.63) is 54.2 Å². The van der Waals surface area contributed by atoms with Crippen molar-refractivity contribution in [1.29, 1.82) is 0 Å². The summed E-state index contributed by atoms with van der Waals surface area (Å²) < 4.78 is 11.5. The quantitative estimate of drug-likeness (QED) is 0.612. The molecule has 1 amide bonds. The van der Waals surface area contributed by atoms with Crippen LogP contribution < -0.4 is 14.8 Å². The smallest absolute Gasteiger partial charge is 0.228 e. The molecule has 0 fully saturated rings. The van der Waals surface area contributed by atoms with E-state index in [1.54, 1.807) is 25.1 Å². The molecule has 2 unspecified atom stereocenters. The Kier molecular flexibility index (Phi) is 5.62. The Labute approximate surface area is 174 Å². The number of ether oxygens (including phenoxy) is 2. The molecule has 6 heteroatoms. The molecule has 1 aromatic heterocycles. The fourth-order valence-corrected chi connectivity index (χ4v) is 4.94. The van der Waals surface area contributed by atoms with E-state index in [0.717, 1.165) is 45.0 Å². The van der Waals surface area contributed by atoms with Gasteiger partial charge in [0, 0.05) is 34.3 Å². The van der Waals surface area contributed by atoms with Gasteiger partial charge in [-0.05, 0) is 42.3 Å². The van der Waals surface area contributed by atoms with E-state index in [4.69, 9.17) is 9.47 Å². The van der Waals surface area contributed by atoms with E-state index in [1.165, 1.54) is 0 Å². The van der Waals surface area contributed by atoms with Gasteiger partial charge in [0.1, 0.15) is 17.2 Å². The van der Waals surface area contributed by atoms with Crippen LogP contribution in [0.1, 0.15) is 31.7 Å². The number of thioether (sulfide) groups is 1. The van der Waals surface area contributed by atoms with E-state index >= 15 is 0 Å². The lowest BCUT2D eigenvalue weighted by molar-refractivity contribution is -0.122. The summed E-state index contributed by atoms with van der Waals surface area (Å²) in [5.74, 6) is 2.24. The summed E-state index contributed by atoms with van der Waals surface area (Å²) >= 11 is 1.72. The molecule has 1 aliphatic heterocycles. The van der Waals surface area contributed by atoms with Crippen molar-refractivity contribution in [2.45, 2.75) is 36.3 Å². The molecular weight excluding hydrogens is 384 g/mol. The van der Waals surface area contributed by atoms with Gasteiger partial charge in [-0.15, -0.1) is 11.8 Å². The first-order valence-electron chi connectivity index (χ1n) is 9.79. The first-order valence-corrected chi connectivity index (χ1v) is 10.7. The van der Waals surface area contributed by atoms with Gasteiger partial charge in [0.25, 0.3) is 0 Å². The largest absolute Gasteiger partial charge is 0.497 e. The summed E-state index contributed by atoms with van der Waals surface area (Å²) in [6.07, 6.45) is 2.67. The minimum Gasteiger partial charge on any atom is -0.497 e. The first kappa shape index (κ1) is 19.6. The van der Waals surface area contributed by atoms with Crippen molar-refractivity contribution in [3.63, 3.8) is 0 Å². The van der Waals surface area contributed by atoms with E-state index in [2.05, 4.69) is 24.1 Å². The molecule has 2 atom stereocenters. The van der Waals surface area contributed by atoms with Crippen LogP contribution in [0.25, 0.3) is 10.9 Å². The molecule has 2 heterocycles. The Morgan fingerprint density at radius 2 is 2.00 bits per heavy atom. The molecule has 0 spiro atoms. The number of methoxy groups -OCH3 is 1. The highest BCUT2D eigenvalue weighted by Crippen LogP contribution is 2.47. The van der Waals surface area contributed by atoms with E-state index in [0.29, 0.717) is 6.54 Å². The normalized spacial score (nSPS) is 17.8.